The third-order valence-electron chi connectivity index (χ3n) is 2.99. The van der Waals surface area contributed by atoms with E-state index in [1.807, 2.05) is 0 Å². The molecule has 0 radical (unpaired) electrons. The molecule has 0 bridgehead atoms. The van der Waals surface area contributed by atoms with Crippen molar-refractivity contribution in [3.05, 3.63) is 0 Å². The Hall–Kier alpha value is -1.47. The molecule has 3 N–H and O–H groups in total. The van der Waals surface area contributed by atoms with Crippen LogP contribution in [0.1, 0.15) is 19.8 Å². The molecule has 1 aliphatic rings. The Balaban J connectivity index is 2.57. The Morgan fingerprint density at radius 2 is 2.00 bits per heavy atom. The Morgan fingerprint density at radius 3 is 2.50 bits per heavy atom. The first-order chi connectivity index (χ1) is 8.20. The zero-order valence-corrected chi connectivity index (χ0v) is 9.96. The minimum Gasteiger partial charge on any atom is -0.369 e. The lowest BCUT2D eigenvalue weighted by atomic mass is 9.93. The molecule has 5 nitrogen and oxygen atoms in total. The second kappa shape index (κ2) is 5.45. The first-order valence-corrected chi connectivity index (χ1v) is 5.61. The van der Waals surface area contributed by atoms with Crippen LogP contribution in [0.5, 0.6) is 0 Å². The highest BCUT2D eigenvalue weighted by Crippen LogP contribution is 2.22. The number of urea groups is 1. The van der Waals surface area contributed by atoms with Gasteiger partial charge in [-0.1, -0.05) is 0 Å². The number of nitrogens with zero attached hydrogens (tertiary/aromatic N) is 1. The predicted octanol–water partition coefficient (Wildman–Crippen LogP) is 0.844. The number of likely N-dealkylation sites (tertiary alicyclic amines) is 1. The van der Waals surface area contributed by atoms with Crippen LogP contribution in [0, 0.1) is 5.92 Å². The first kappa shape index (κ1) is 14.6. The molecule has 0 saturated carbocycles. The van der Waals surface area contributed by atoms with E-state index in [1.165, 1.54) is 4.90 Å². The van der Waals surface area contributed by atoms with Crippen molar-refractivity contribution in [3.8, 4) is 0 Å². The minimum absolute atomic E-state index is 0.0696. The molecule has 2 atom stereocenters. The molecule has 18 heavy (non-hydrogen) atoms. The smallest absolute Gasteiger partial charge is 0.369 e. The van der Waals surface area contributed by atoms with Crippen molar-refractivity contribution in [3.63, 3.8) is 0 Å². The fourth-order valence-corrected chi connectivity index (χ4v) is 1.90. The lowest BCUT2D eigenvalue weighted by molar-refractivity contribution is -0.125. The van der Waals surface area contributed by atoms with Gasteiger partial charge in [0.15, 0.2) is 0 Å². The average molecular weight is 267 g/mol. The van der Waals surface area contributed by atoms with Crippen molar-refractivity contribution < 1.29 is 22.8 Å². The molecule has 0 aromatic heterocycles. The van der Waals surface area contributed by atoms with E-state index in [1.54, 1.807) is 12.2 Å². The zero-order chi connectivity index (χ0) is 13.9. The van der Waals surface area contributed by atoms with Crippen molar-refractivity contribution in [1.82, 2.24) is 10.2 Å². The van der Waals surface area contributed by atoms with Crippen LogP contribution in [0.15, 0.2) is 0 Å². The molecule has 8 heteroatoms. The summed E-state index contributed by atoms with van der Waals surface area (Å²) in [6.45, 7) is 0.418. The zero-order valence-electron chi connectivity index (χ0n) is 9.96. The van der Waals surface area contributed by atoms with Crippen LogP contribution in [-0.2, 0) is 4.79 Å². The molecular formula is C10H16F3N3O2. The van der Waals surface area contributed by atoms with Gasteiger partial charge in [0, 0.05) is 12.6 Å². The summed E-state index contributed by atoms with van der Waals surface area (Å²) in [5.41, 5.74) is 5.14. The fraction of sp³-hybridized carbons (Fsp3) is 0.800. The third kappa shape index (κ3) is 4.08. The van der Waals surface area contributed by atoms with Crippen LogP contribution in [0.25, 0.3) is 0 Å². The number of carbonyl (C=O) groups excluding carboxylic acids is 2. The van der Waals surface area contributed by atoms with Gasteiger partial charge in [-0.3, -0.25) is 4.79 Å². The molecular weight excluding hydrogens is 251 g/mol. The standard InChI is InChI=1S/C10H16F3N3O2/c1-6-2-3-7(8(14)17)4-16(6)9(18)15-5-10(11,12)13/h6-7H,2-5H2,1H3,(H2,14,17)(H,15,18). The van der Waals surface area contributed by atoms with Crippen molar-refractivity contribution in [2.24, 2.45) is 11.7 Å². The molecule has 1 heterocycles. The lowest BCUT2D eigenvalue weighted by Crippen LogP contribution is -2.53. The van der Waals surface area contributed by atoms with Gasteiger partial charge in [0.25, 0.3) is 0 Å². The highest BCUT2D eigenvalue weighted by molar-refractivity contribution is 5.79. The Kier molecular flexibility index (Phi) is 4.42. The van der Waals surface area contributed by atoms with Crippen molar-refractivity contribution in [1.29, 1.82) is 0 Å². The number of hydrogen-bond donors (Lipinski definition) is 2. The largest absolute Gasteiger partial charge is 0.405 e. The summed E-state index contributed by atoms with van der Waals surface area (Å²) in [5.74, 6) is -1.02. The molecule has 0 aliphatic carbocycles. The van der Waals surface area contributed by atoms with Gasteiger partial charge >= 0.3 is 12.2 Å². The van der Waals surface area contributed by atoms with Crippen LogP contribution in [0.3, 0.4) is 0 Å². The molecule has 1 rings (SSSR count). The summed E-state index contributed by atoms with van der Waals surface area (Å²) in [6, 6.07) is -1.01. The maximum atomic E-state index is 12.0. The summed E-state index contributed by atoms with van der Waals surface area (Å²) < 4.78 is 35.9. The summed E-state index contributed by atoms with van der Waals surface area (Å²) in [5, 5.41) is 1.79. The monoisotopic (exact) mass is 267 g/mol. The number of amides is 3. The first-order valence-electron chi connectivity index (χ1n) is 5.61. The number of hydrogen-bond acceptors (Lipinski definition) is 2. The molecule has 2 unspecified atom stereocenters. The highest BCUT2D eigenvalue weighted by Gasteiger charge is 2.34. The number of halogens is 3. The van der Waals surface area contributed by atoms with Crippen LogP contribution in [0.2, 0.25) is 0 Å². The molecule has 0 aromatic rings. The van der Waals surface area contributed by atoms with Gasteiger partial charge in [-0.05, 0) is 19.8 Å². The van der Waals surface area contributed by atoms with E-state index in [9.17, 15) is 22.8 Å². The molecule has 1 saturated heterocycles. The second-order valence-electron chi connectivity index (χ2n) is 4.45. The number of nitrogens with two attached hydrogens (primary N) is 1. The summed E-state index contributed by atoms with van der Waals surface area (Å²) >= 11 is 0. The summed E-state index contributed by atoms with van der Waals surface area (Å²) in [6.07, 6.45) is -3.34. The molecule has 1 aliphatic heterocycles. The molecule has 0 spiro atoms. The van der Waals surface area contributed by atoms with Gasteiger partial charge in [-0.2, -0.15) is 13.2 Å². The van der Waals surface area contributed by atoms with Gasteiger partial charge in [0.05, 0.1) is 5.92 Å². The van der Waals surface area contributed by atoms with Gasteiger partial charge in [0.2, 0.25) is 5.91 Å². The van der Waals surface area contributed by atoms with E-state index in [0.717, 1.165) is 0 Å². The van der Waals surface area contributed by atoms with Crippen LogP contribution >= 0.6 is 0 Å². The highest BCUT2D eigenvalue weighted by atomic mass is 19.4. The fourth-order valence-electron chi connectivity index (χ4n) is 1.90. The molecule has 104 valence electrons. The van der Waals surface area contributed by atoms with Gasteiger partial charge in [0.1, 0.15) is 6.54 Å². The Bertz CT molecular complexity index is 333. The van der Waals surface area contributed by atoms with E-state index in [0.29, 0.717) is 12.8 Å². The molecule has 3 amide bonds. The van der Waals surface area contributed by atoms with E-state index >= 15 is 0 Å². The minimum atomic E-state index is -4.45. The normalized spacial score (nSPS) is 24.8. The number of carbonyl (C=O) groups is 2. The van der Waals surface area contributed by atoms with Gasteiger partial charge < -0.3 is 16.0 Å². The second-order valence-corrected chi connectivity index (χ2v) is 4.45. The lowest BCUT2D eigenvalue weighted by Gasteiger charge is -2.36. The maximum absolute atomic E-state index is 12.0. The SMILES string of the molecule is CC1CCC(C(N)=O)CN1C(=O)NCC(F)(F)F. The van der Waals surface area contributed by atoms with E-state index in [4.69, 9.17) is 5.73 Å². The predicted molar refractivity (Wildman–Crippen MR) is 57.5 cm³/mol. The number of alkyl halides is 3. The molecule has 1 fully saturated rings. The van der Waals surface area contributed by atoms with Crippen LogP contribution in [-0.4, -0.2) is 42.1 Å². The van der Waals surface area contributed by atoms with Crippen molar-refractivity contribution in [2.75, 3.05) is 13.1 Å². The van der Waals surface area contributed by atoms with Gasteiger partial charge in [-0.25, -0.2) is 4.79 Å². The Morgan fingerprint density at radius 1 is 1.39 bits per heavy atom. The summed E-state index contributed by atoms with van der Waals surface area (Å²) in [4.78, 5) is 23.8. The number of rotatable bonds is 2. The number of nitrogens with one attached hydrogen (secondary N) is 1. The Labute approximate surface area is 102 Å². The third-order valence-corrected chi connectivity index (χ3v) is 2.99. The topological polar surface area (TPSA) is 75.4 Å². The maximum Gasteiger partial charge on any atom is 0.405 e. The van der Waals surface area contributed by atoms with Gasteiger partial charge in [-0.15, -0.1) is 0 Å². The number of primary amides is 1. The number of piperidine rings is 1. The summed E-state index contributed by atoms with van der Waals surface area (Å²) in [7, 11) is 0. The average Bonchev–Trinajstić information content (AvgIpc) is 2.25. The van der Waals surface area contributed by atoms with Crippen LogP contribution < -0.4 is 11.1 Å². The molecule has 0 aromatic carbocycles. The van der Waals surface area contributed by atoms with Crippen molar-refractivity contribution in [2.45, 2.75) is 32.0 Å². The van der Waals surface area contributed by atoms with E-state index in [-0.39, 0.29) is 12.6 Å². The van der Waals surface area contributed by atoms with E-state index in [2.05, 4.69) is 0 Å². The van der Waals surface area contributed by atoms with Crippen molar-refractivity contribution >= 4 is 11.9 Å². The van der Waals surface area contributed by atoms with Crippen LogP contribution in [0.4, 0.5) is 18.0 Å². The quantitative estimate of drug-likeness (QED) is 0.778. The van der Waals surface area contributed by atoms with E-state index < -0.39 is 30.6 Å².